The molecule has 1 unspecified atom stereocenters. The Labute approximate surface area is 147 Å². The van der Waals surface area contributed by atoms with Crippen LogP contribution in [0.2, 0.25) is 0 Å². The first-order chi connectivity index (χ1) is 12.2. The Kier molecular flexibility index (Phi) is 4.46. The molecule has 2 aliphatic heterocycles. The van der Waals surface area contributed by atoms with Crippen LogP contribution in [0.15, 0.2) is 41.7 Å². The number of nitrogens with two attached hydrogens (primary N) is 1. The number of rotatable bonds is 5. The fraction of sp³-hybridized carbons (Fsp3) is 0.421. The highest BCUT2D eigenvalue weighted by Crippen LogP contribution is 2.35. The van der Waals surface area contributed by atoms with Crippen molar-refractivity contribution in [1.29, 1.82) is 0 Å². The second kappa shape index (κ2) is 6.90. The minimum Gasteiger partial charge on any atom is -0.391 e. The van der Waals surface area contributed by atoms with Gasteiger partial charge in [-0.15, -0.1) is 0 Å². The van der Waals surface area contributed by atoms with E-state index in [1.807, 2.05) is 12.3 Å². The molecule has 4 rings (SSSR count). The third kappa shape index (κ3) is 3.41. The summed E-state index contributed by atoms with van der Waals surface area (Å²) in [5, 5.41) is 10.4. The molecule has 0 amide bonds. The molecule has 3 atom stereocenters. The molecular weight excluding hydrogens is 314 g/mol. The van der Waals surface area contributed by atoms with Gasteiger partial charge < -0.3 is 10.8 Å². The van der Waals surface area contributed by atoms with Crippen molar-refractivity contribution in [3.8, 4) is 0 Å². The molecule has 6 nitrogen and oxygen atoms in total. The van der Waals surface area contributed by atoms with Gasteiger partial charge in [-0.25, -0.2) is 9.97 Å². The summed E-state index contributed by atoms with van der Waals surface area (Å²) >= 11 is 0. The van der Waals surface area contributed by atoms with E-state index in [0.29, 0.717) is 24.0 Å². The van der Waals surface area contributed by atoms with Gasteiger partial charge in [0.15, 0.2) is 5.82 Å². The lowest BCUT2D eigenvalue weighted by atomic mass is 9.97. The molecule has 0 radical (unpaired) electrons. The Morgan fingerprint density at radius 2 is 2.00 bits per heavy atom. The number of aliphatic hydroxyl groups is 1. The molecule has 1 aromatic heterocycles. The standard InChI is InChI=1S/C19H23N5O/c20-19-18-17(22-12-23-19)15(8-21-18)10-24-9-14(16(25)11-24)7-6-13-4-2-1-3-5-13/h1-5,8,12,14-16,25H,6-7,9-11H2,(H2,20,22,23)/t14-,15?,16-/m0/s1. The van der Waals surface area contributed by atoms with Crippen molar-refractivity contribution in [3.63, 3.8) is 0 Å². The number of aryl methyl sites for hydroxylation is 1. The van der Waals surface area contributed by atoms with Crippen LogP contribution >= 0.6 is 0 Å². The smallest absolute Gasteiger partial charge is 0.153 e. The molecule has 0 aliphatic carbocycles. The van der Waals surface area contributed by atoms with E-state index >= 15 is 0 Å². The van der Waals surface area contributed by atoms with Crippen molar-refractivity contribution >= 4 is 17.7 Å². The molecule has 0 saturated carbocycles. The molecule has 0 bridgehead atoms. The Morgan fingerprint density at radius 3 is 2.84 bits per heavy atom. The van der Waals surface area contributed by atoms with Crippen molar-refractivity contribution in [1.82, 2.24) is 14.9 Å². The predicted molar refractivity (Wildman–Crippen MR) is 98.0 cm³/mol. The van der Waals surface area contributed by atoms with E-state index in [1.54, 1.807) is 0 Å². The lowest BCUT2D eigenvalue weighted by molar-refractivity contribution is 0.138. The maximum atomic E-state index is 10.4. The first kappa shape index (κ1) is 16.2. The number of benzene rings is 1. The summed E-state index contributed by atoms with van der Waals surface area (Å²) in [5.74, 6) is 0.875. The third-order valence-electron chi connectivity index (χ3n) is 5.20. The quantitative estimate of drug-likeness (QED) is 0.868. The van der Waals surface area contributed by atoms with Gasteiger partial charge in [0, 0.05) is 25.8 Å². The van der Waals surface area contributed by atoms with Crippen LogP contribution < -0.4 is 5.73 Å². The minimum atomic E-state index is -0.267. The number of hydrogen-bond acceptors (Lipinski definition) is 6. The van der Waals surface area contributed by atoms with Crippen molar-refractivity contribution in [3.05, 3.63) is 47.9 Å². The van der Waals surface area contributed by atoms with Gasteiger partial charge in [-0.3, -0.25) is 9.89 Å². The van der Waals surface area contributed by atoms with E-state index < -0.39 is 0 Å². The monoisotopic (exact) mass is 337 g/mol. The number of nitrogens with zero attached hydrogens (tertiary/aromatic N) is 4. The van der Waals surface area contributed by atoms with Gasteiger partial charge in [0.1, 0.15) is 12.0 Å². The fourth-order valence-electron chi connectivity index (χ4n) is 3.83. The van der Waals surface area contributed by atoms with Crippen molar-refractivity contribution in [2.45, 2.75) is 24.9 Å². The van der Waals surface area contributed by atoms with E-state index in [4.69, 9.17) is 5.73 Å². The number of aliphatic hydroxyl groups excluding tert-OH is 1. The summed E-state index contributed by atoms with van der Waals surface area (Å²) in [7, 11) is 0. The number of hydrogen-bond donors (Lipinski definition) is 2. The summed E-state index contributed by atoms with van der Waals surface area (Å²) < 4.78 is 0. The van der Waals surface area contributed by atoms with Gasteiger partial charge in [-0.05, 0) is 24.3 Å². The Balaban J connectivity index is 1.35. The normalized spacial score (nSPS) is 25.4. The molecular formula is C19H23N5O. The van der Waals surface area contributed by atoms with Crippen molar-refractivity contribution in [2.75, 3.05) is 25.4 Å². The molecule has 1 aromatic carbocycles. The minimum absolute atomic E-state index is 0.125. The Bertz CT molecular complexity index is 764. The molecule has 2 aromatic rings. The third-order valence-corrected chi connectivity index (χ3v) is 5.20. The van der Waals surface area contributed by atoms with Crippen LogP contribution in [0.4, 0.5) is 11.5 Å². The lowest BCUT2D eigenvalue weighted by Gasteiger charge is -2.19. The van der Waals surface area contributed by atoms with Crippen LogP contribution in [0.1, 0.15) is 23.6 Å². The summed E-state index contributed by atoms with van der Waals surface area (Å²) in [6.45, 7) is 2.43. The molecule has 3 N–H and O–H groups in total. The maximum absolute atomic E-state index is 10.4. The molecule has 0 spiro atoms. The number of likely N-dealkylation sites (tertiary alicyclic amines) is 1. The van der Waals surface area contributed by atoms with E-state index in [-0.39, 0.29) is 12.0 Å². The summed E-state index contributed by atoms with van der Waals surface area (Å²) in [5.41, 5.74) is 8.79. The zero-order valence-electron chi connectivity index (χ0n) is 14.1. The van der Waals surface area contributed by atoms with Crippen LogP contribution in [0.3, 0.4) is 0 Å². The molecule has 2 aliphatic rings. The molecule has 1 saturated heterocycles. The van der Waals surface area contributed by atoms with E-state index in [9.17, 15) is 5.11 Å². The second-order valence-corrected chi connectivity index (χ2v) is 6.95. The average molecular weight is 337 g/mol. The highest BCUT2D eigenvalue weighted by molar-refractivity contribution is 5.83. The van der Waals surface area contributed by atoms with Crippen LogP contribution in [-0.4, -0.2) is 51.9 Å². The predicted octanol–water partition coefficient (Wildman–Crippen LogP) is 1.78. The molecule has 6 heteroatoms. The van der Waals surface area contributed by atoms with Crippen LogP contribution in [0.25, 0.3) is 0 Å². The van der Waals surface area contributed by atoms with Crippen molar-refractivity contribution < 1.29 is 5.11 Å². The highest BCUT2D eigenvalue weighted by atomic mass is 16.3. The van der Waals surface area contributed by atoms with Gasteiger partial charge in [0.05, 0.1) is 17.7 Å². The van der Waals surface area contributed by atoms with E-state index in [2.05, 4.69) is 44.1 Å². The van der Waals surface area contributed by atoms with Gasteiger partial charge in [-0.1, -0.05) is 30.3 Å². The fourth-order valence-corrected chi connectivity index (χ4v) is 3.83. The van der Waals surface area contributed by atoms with Gasteiger partial charge in [-0.2, -0.15) is 0 Å². The van der Waals surface area contributed by atoms with Gasteiger partial charge in [0.2, 0.25) is 0 Å². The van der Waals surface area contributed by atoms with E-state index in [1.165, 1.54) is 11.9 Å². The highest BCUT2D eigenvalue weighted by Gasteiger charge is 2.33. The lowest BCUT2D eigenvalue weighted by Crippen LogP contribution is -2.27. The summed E-state index contributed by atoms with van der Waals surface area (Å²) in [4.78, 5) is 15.0. The number of nitrogen functional groups attached to an aromatic ring is 1. The number of β-amino-alcohol motifs (C(OH)–C–C–N with tert-alkyl or cyclic N) is 1. The zero-order valence-corrected chi connectivity index (χ0v) is 14.1. The average Bonchev–Trinajstić information content (AvgIpc) is 3.19. The molecule has 130 valence electrons. The largest absolute Gasteiger partial charge is 0.391 e. The maximum Gasteiger partial charge on any atom is 0.153 e. The van der Waals surface area contributed by atoms with Gasteiger partial charge >= 0.3 is 0 Å². The van der Waals surface area contributed by atoms with Crippen LogP contribution in [0.5, 0.6) is 0 Å². The first-order valence-corrected chi connectivity index (χ1v) is 8.79. The zero-order chi connectivity index (χ0) is 17.2. The van der Waals surface area contributed by atoms with Crippen molar-refractivity contribution in [2.24, 2.45) is 10.9 Å². The molecule has 1 fully saturated rings. The Hall–Kier alpha value is -2.31. The molecule has 3 heterocycles. The topological polar surface area (TPSA) is 87.6 Å². The van der Waals surface area contributed by atoms with Gasteiger partial charge in [0.25, 0.3) is 0 Å². The number of fused-ring (bicyclic) bond motifs is 1. The summed E-state index contributed by atoms with van der Waals surface area (Å²) in [6, 6.07) is 10.5. The van der Waals surface area contributed by atoms with E-state index in [0.717, 1.165) is 31.6 Å². The summed E-state index contributed by atoms with van der Waals surface area (Å²) in [6.07, 6.45) is 5.15. The Morgan fingerprint density at radius 1 is 1.16 bits per heavy atom. The number of aromatic nitrogens is 2. The SMILES string of the molecule is Nc1ncnc2c1N=CC2CN1C[C@H](CCc2ccccc2)[C@@H](O)C1. The molecule has 25 heavy (non-hydrogen) atoms. The number of anilines is 1. The van der Waals surface area contributed by atoms with Crippen LogP contribution in [-0.2, 0) is 6.42 Å². The van der Waals surface area contributed by atoms with Crippen LogP contribution in [0, 0.1) is 5.92 Å². The number of aliphatic imine (C=N–C) groups is 1. The second-order valence-electron chi connectivity index (χ2n) is 6.95. The first-order valence-electron chi connectivity index (χ1n) is 8.79.